The van der Waals surface area contributed by atoms with Crippen LogP contribution in [0.4, 0.5) is 5.69 Å². The summed E-state index contributed by atoms with van der Waals surface area (Å²) in [5.41, 5.74) is 0.640. The number of anilines is 1. The molecule has 17 heavy (non-hydrogen) atoms. The van der Waals surface area contributed by atoms with Crippen LogP contribution in [0.1, 0.15) is 17.4 Å². The molecule has 0 aliphatic rings. The van der Waals surface area contributed by atoms with Gasteiger partial charge in [-0.15, -0.1) is 0 Å². The second kappa shape index (κ2) is 4.21. The highest BCUT2D eigenvalue weighted by atomic mass is 16.4. The number of rotatable bonds is 2. The third-order valence-corrected chi connectivity index (χ3v) is 2.24. The van der Waals surface area contributed by atoms with Gasteiger partial charge < -0.3 is 10.4 Å². The molecule has 0 fully saturated rings. The number of amides is 1. The summed E-state index contributed by atoms with van der Waals surface area (Å²) < 4.78 is 0. The molecule has 0 aliphatic heterocycles. The number of nitrogens with zero attached hydrogens (tertiary/aromatic N) is 1. The molecule has 1 aromatic heterocycles. The van der Waals surface area contributed by atoms with Gasteiger partial charge in [-0.3, -0.25) is 4.79 Å². The van der Waals surface area contributed by atoms with Crippen molar-refractivity contribution in [1.82, 2.24) is 4.98 Å². The van der Waals surface area contributed by atoms with Gasteiger partial charge in [0.2, 0.25) is 5.91 Å². The Labute approximate surface area is 97.1 Å². The first-order valence-corrected chi connectivity index (χ1v) is 4.98. The fourth-order valence-electron chi connectivity index (χ4n) is 1.56. The second-order valence-electron chi connectivity index (χ2n) is 3.56. The van der Waals surface area contributed by atoms with Crippen molar-refractivity contribution in [3.8, 4) is 0 Å². The van der Waals surface area contributed by atoms with Crippen molar-refractivity contribution in [2.45, 2.75) is 6.92 Å². The molecule has 2 rings (SSSR count). The lowest BCUT2D eigenvalue weighted by molar-refractivity contribution is -0.114. The molecule has 1 heterocycles. The lowest BCUT2D eigenvalue weighted by Gasteiger charge is -2.07. The van der Waals surface area contributed by atoms with E-state index in [0.29, 0.717) is 5.52 Å². The Kier molecular flexibility index (Phi) is 2.74. The standard InChI is InChI=1S/C12H10N2O3/c1-7(15)13-10-6-8-4-2-3-5-9(8)14-11(10)12(16)17/h2-6H,1H3,(H,13,15)(H,16,17). The van der Waals surface area contributed by atoms with Gasteiger partial charge in [-0.2, -0.15) is 0 Å². The molecule has 1 amide bonds. The number of pyridine rings is 1. The average Bonchev–Trinajstić information content (AvgIpc) is 2.27. The van der Waals surface area contributed by atoms with E-state index < -0.39 is 5.97 Å². The number of benzene rings is 1. The monoisotopic (exact) mass is 230 g/mol. The topological polar surface area (TPSA) is 79.3 Å². The Balaban J connectivity index is 2.66. The summed E-state index contributed by atoms with van der Waals surface area (Å²) in [5, 5.41) is 12.3. The van der Waals surface area contributed by atoms with Gasteiger partial charge in [0.05, 0.1) is 11.2 Å². The maximum atomic E-state index is 11.0. The van der Waals surface area contributed by atoms with E-state index >= 15 is 0 Å². The van der Waals surface area contributed by atoms with Gasteiger partial charge in [0, 0.05) is 12.3 Å². The Hall–Kier alpha value is -2.43. The Bertz CT molecular complexity index is 608. The van der Waals surface area contributed by atoms with E-state index in [0.717, 1.165) is 5.39 Å². The molecule has 0 spiro atoms. The van der Waals surface area contributed by atoms with Crippen LogP contribution in [-0.2, 0) is 4.79 Å². The first kappa shape index (κ1) is 11.1. The van der Waals surface area contributed by atoms with Crippen LogP contribution < -0.4 is 5.32 Å². The summed E-state index contributed by atoms with van der Waals surface area (Å²) in [6.07, 6.45) is 0. The van der Waals surface area contributed by atoms with Crippen molar-refractivity contribution in [2.75, 3.05) is 5.32 Å². The highest BCUT2D eigenvalue weighted by Gasteiger charge is 2.14. The predicted molar refractivity (Wildman–Crippen MR) is 63.0 cm³/mol. The van der Waals surface area contributed by atoms with Crippen molar-refractivity contribution in [2.24, 2.45) is 0 Å². The van der Waals surface area contributed by atoms with Crippen LogP contribution in [0.25, 0.3) is 10.9 Å². The van der Waals surface area contributed by atoms with E-state index in [1.807, 2.05) is 6.07 Å². The Morgan fingerprint density at radius 3 is 2.65 bits per heavy atom. The van der Waals surface area contributed by atoms with Crippen molar-refractivity contribution >= 4 is 28.5 Å². The van der Waals surface area contributed by atoms with Gasteiger partial charge in [-0.1, -0.05) is 18.2 Å². The molecular weight excluding hydrogens is 220 g/mol. The maximum absolute atomic E-state index is 11.0. The van der Waals surface area contributed by atoms with Crippen LogP contribution >= 0.6 is 0 Å². The normalized spacial score (nSPS) is 10.2. The number of hydrogen-bond acceptors (Lipinski definition) is 3. The van der Waals surface area contributed by atoms with Crippen LogP contribution in [0.3, 0.4) is 0 Å². The molecule has 0 radical (unpaired) electrons. The van der Waals surface area contributed by atoms with Gasteiger partial charge >= 0.3 is 5.97 Å². The van der Waals surface area contributed by atoms with Crippen molar-refractivity contribution in [1.29, 1.82) is 0 Å². The summed E-state index contributed by atoms with van der Waals surface area (Å²) >= 11 is 0. The predicted octanol–water partition coefficient (Wildman–Crippen LogP) is 1.89. The lowest BCUT2D eigenvalue weighted by atomic mass is 10.1. The molecule has 2 N–H and O–H groups in total. The zero-order valence-electron chi connectivity index (χ0n) is 9.10. The van der Waals surface area contributed by atoms with Crippen molar-refractivity contribution < 1.29 is 14.7 Å². The zero-order valence-corrected chi connectivity index (χ0v) is 9.10. The lowest BCUT2D eigenvalue weighted by Crippen LogP contribution is -2.12. The molecule has 5 heteroatoms. The molecule has 0 atom stereocenters. The van der Waals surface area contributed by atoms with Crippen LogP contribution in [0.15, 0.2) is 30.3 Å². The van der Waals surface area contributed by atoms with Crippen LogP contribution in [-0.4, -0.2) is 22.0 Å². The number of carboxylic acid groups (broad SMARTS) is 1. The fourth-order valence-corrected chi connectivity index (χ4v) is 1.56. The number of aromatic nitrogens is 1. The molecular formula is C12H10N2O3. The van der Waals surface area contributed by atoms with E-state index in [4.69, 9.17) is 5.11 Å². The summed E-state index contributed by atoms with van der Waals surface area (Å²) in [6.45, 7) is 1.32. The fraction of sp³-hybridized carbons (Fsp3) is 0.0833. The van der Waals surface area contributed by atoms with E-state index in [2.05, 4.69) is 10.3 Å². The van der Waals surface area contributed by atoms with E-state index in [1.165, 1.54) is 6.92 Å². The molecule has 0 saturated carbocycles. The largest absolute Gasteiger partial charge is 0.476 e. The van der Waals surface area contributed by atoms with E-state index in [9.17, 15) is 9.59 Å². The number of carboxylic acids is 1. The Morgan fingerprint density at radius 2 is 2.00 bits per heavy atom. The SMILES string of the molecule is CC(=O)Nc1cc2ccccc2nc1C(=O)O. The Morgan fingerprint density at radius 1 is 1.29 bits per heavy atom. The van der Waals surface area contributed by atoms with Gasteiger partial charge in [0.1, 0.15) is 0 Å². The molecule has 1 aromatic carbocycles. The molecule has 0 bridgehead atoms. The first-order valence-electron chi connectivity index (χ1n) is 4.98. The highest BCUT2D eigenvalue weighted by molar-refractivity contribution is 6.01. The summed E-state index contributed by atoms with van der Waals surface area (Å²) in [5.74, 6) is -1.50. The quantitative estimate of drug-likeness (QED) is 0.825. The molecule has 0 saturated heterocycles. The minimum Gasteiger partial charge on any atom is -0.476 e. The minimum atomic E-state index is -1.17. The number of aromatic carboxylic acids is 1. The number of nitrogens with one attached hydrogen (secondary N) is 1. The van der Waals surface area contributed by atoms with Crippen LogP contribution in [0.2, 0.25) is 0 Å². The molecule has 0 aliphatic carbocycles. The third kappa shape index (κ3) is 2.23. The van der Waals surface area contributed by atoms with Crippen LogP contribution in [0, 0.1) is 0 Å². The molecule has 2 aromatic rings. The van der Waals surface area contributed by atoms with E-state index in [-0.39, 0.29) is 17.3 Å². The smallest absolute Gasteiger partial charge is 0.356 e. The average molecular weight is 230 g/mol. The van der Waals surface area contributed by atoms with Gasteiger partial charge in [-0.05, 0) is 12.1 Å². The van der Waals surface area contributed by atoms with E-state index in [1.54, 1.807) is 24.3 Å². The maximum Gasteiger partial charge on any atom is 0.356 e. The van der Waals surface area contributed by atoms with Crippen molar-refractivity contribution in [3.63, 3.8) is 0 Å². The minimum absolute atomic E-state index is 0.154. The second-order valence-corrected chi connectivity index (χ2v) is 3.56. The summed E-state index contributed by atoms with van der Waals surface area (Å²) in [4.78, 5) is 26.0. The zero-order chi connectivity index (χ0) is 12.4. The number of fused-ring (bicyclic) bond motifs is 1. The summed E-state index contributed by atoms with van der Waals surface area (Å²) in [6, 6.07) is 8.73. The third-order valence-electron chi connectivity index (χ3n) is 2.24. The number of carbonyl (C=O) groups excluding carboxylic acids is 1. The summed E-state index contributed by atoms with van der Waals surface area (Å²) in [7, 11) is 0. The molecule has 86 valence electrons. The number of carbonyl (C=O) groups is 2. The van der Waals surface area contributed by atoms with Crippen molar-refractivity contribution in [3.05, 3.63) is 36.0 Å². The van der Waals surface area contributed by atoms with Crippen LogP contribution in [0.5, 0.6) is 0 Å². The van der Waals surface area contributed by atoms with Gasteiger partial charge in [-0.25, -0.2) is 9.78 Å². The number of hydrogen-bond donors (Lipinski definition) is 2. The van der Waals surface area contributed by atoms with Gasteiger partial charge in [0.15, 0.2) is 5.69 Å². The molecule has 0 unspecified atom stereocenters. The number of para-hydroxylation sites is 1. The highest BCUT2D eigenvalue weighted by Crippen LogP contribution is 2.20. The molecule has 5 nitrogen and oxygen atoms in total. The van der Waals surface area contributed by atoms with Gasteiger partial charge in [0.25, 0.3) is 0 Å². The first-order chi connectivity index (χ1) is 8.08.